The number of nitrogens with one attached hydrogen (secondary N) is 2. The van der Waals surface area contributed by atoms with Crippen LogP contribution in [-0.2, 0) is 6.42 Å². The number of rotatable bonds is 8. The van der Waals surface area contributed by atoms with Crippen LogP contribution in [-0.4, -0.2) is 55.1 Å². The normalized spacial score (nSPS) is 15.5. The van der Waals surface area contributed by atoms with E-state index in [1.165, 1.54) is 42.1 Å². The van der Waals surface area contributed by atoms with Crippen LogP contribution in [0.4, 0.5) is 0 Å². The summed E-state index contributed by atoms with van der Waals surface area (Å²) < 4.78 is 1.28. The van der Waals surface area contributed by atoms with Crippen molar-refractivity contribution in [2.45, 2.75) is 39.0 Å². The molecule has 150 valence electrons. The molecule has 7 heteroatoms. The number of hydrogen-bond acceptors (Lipinski definition) is 4. The first-order chi connectivity index (χ1) is 12.8. The van der Waals surface area contributed by atoms with E-state index < -0.39 is 0 Å². The number of halogens is 1. The number of aromatic nitrogens is 1. The van der Waals surface area contributed by atoms with E-state index in [2.05, 4.69) is 40.7 Å². The van der Waals surface area contributed by atoms with Gasteiger partial charge in [0.2, 0.25) is 0 Å². The van der Waals surface area contributed by atoms with Gasteiger partial charge in [0.25, 0.3) is 0 Å². The maximum atomic E-state index is 4.72. The minimum absolute atomic E-state index is 0. The Bertz CT molecular complexity index is 663. The van der Waals surface area contributed by atoms with Crippen LogP contribution in [0.5, 0.6) is 0 Å². The zero-order chi connectivity index (χ0) is 18.0. The first-order valence-electron chi connectivity index (χ1n) is 9.94. The number of guanidine groups is 1. The molecule has 3 rings (SSSR count). The van der Waals surface area contributed by atoms with Gasteiger partial charge in [-0.2, -0.15) is 0 Å². The van der Waals surface area contributed by atoms with Crippen LogP contribution in [0.2, 0.25) is 0 Å². The number of thiazole rings is 1. The maximum Gasteiger partial charge on any atom is 0.191 e. The van der Waals surface area contributed by atoms with Crippen LogP contribution in [0.3, 0.4) is 0 Å². The molecule has 1 aromatic heterocycles. The highest BCUT2D eigenvalue weighted by molar-refractivity contribution is 14.0. The number of aryl methyl sites for hydroxylation is 1. The monoisotopic (exact) mass is 501 g/mol. The predicted molar refractivity (Wildman–Crippen MR) is 128 cm³/mol. The van der Waals surface area contributed by atoms with E-state index >= 15 is 0 Å². The summed E-state index contributed by atoms with van der Waals surface area (Å²) in [6.07, 6.45) is 6.11. The molecule has 0 saturated carbocycles. The van der Waals surface area contributed by atoms with Gasteiger partial charge in [-0.1, -0.05) is 18.6 Å². The van der Waals surface area contributed by atoms with E-state index in [9.17, 15) is 0 Å². The summed E-state index contributed by atoms with van der Waals surface area (Å²) in [4.78, 5) is 12.0. The van der Waals surface area contributed by atoms with Crippen LogP contribution in [0, 0.1) is 0 Å². The summed E-state index contributed by atoms with van der Waals surface area (Å²) >= 11 is 1.80. The van der Waals surface area contributed by atoms with E-state index in [0.29, 0.717) is 0 Å². The van der Waals surface area contributed by atoms with Crippen molar-refractivity contribution in [2.24, 2.45) is 4.99 Å². The quantitative estimate of drug-likeness (QED) is 0.250. The fraction of sp³-hybridized carbons (Fsp3) is 0.600. The number of likely N-dealkylation sites (tertiary alicyclic amines) is 1. The van der Waals surface area contributed by atoms with E-state index in [0.717, 1.165) is 50.5 Å². The summed E-state index contributed by atoms with van der Waals surface area (Å²) in [7, 11) is 0. The molecule has 0 atom stereocenters. The lowest BCUT2D eigenvalue weighted by Gasteiger charge is -2.26. The third kappa shape index (κ3) is 7.54. The third-order valence-electron chi connectivity index (χ3n) is 4.67. The highest BCUT2D eigenvalue weighted by Gasteiger charge is 2.09. The minimum Gasteiger partial charge on any atom is -0.357 e. The Morgan fingerprint density at radius 1 is 1.19 bits per heavy atom. The molecule has 1 aliphatic heterocycles. The van der Waals surface area contributed by atoms with Crippen molar-refractivity contribution in [1.82, 2.24) is 20.5 Å². The van der Waals surface area contributed by atoms with Crippen LogP contribution in [0.25, 0.3) is 10.2 Å². The number of nitrogens with zero attached hydrogens (tertiary/aromatic N) is 3. The molecule has 1 saturated heterocycles. The van der Waals surface area contributed by atoms with Crippen molar-refractivity contribution in [1.29, 1.82) is 0 Å². The standard InChI is InChI=1S/C20H31N5S.HI/c1-2-21-20(23-13-16-25-14-6-3-7-15-25)22-12-8-11-19-24-17-9-4-5-10-18(17)26-19;/h4-5,9-10H,2-3,6-8,11-16H2,1H3,(H2,21,22,23);1H. The molecule has 0 amide bonds. The lowest BCUT2D eigenvalue weighted by molar-refractivity contribution is 0.232. The van der Waals surface area contributed by atoms with Crippen LogP contribution in [0.15, 0.2) is 29.3 Å². The summed E-state index contributed by atoms with van der Waals surface area (Å²) in [5.74, 6) is 0.939. The van der Waals surface area contributed by atoms with E-state index in [1.807, 2.05) is 6.07 Å². The molecule has 2 aromatic rings. The fourth-order valence-corrected chi connectivity index (χ4v) is 4.31. The lowest BCUT2D eigenvalue weighted by atomic mass is 10.1. The molecule has 5 nitrogen and oxygen atoms in total. The van der Waals surface area contributed by atoms with Gasteiger partial charge in [0.1, 0.15) is 0 Å². The first-order valence-corrected chi connectivity index (χ1v) is 10.8. The van der Waals surface area contributed by atoms with Gasteiger partial charge in [0.15, 0.2) is 5.96 Å². The van der Waals surface area contributed by atoms with Crippen molar-refractivity contribution >= 4 is 51.5 Å². The maximum absolute atomic E-state index is 4.72. The van der Waals surface area contributed by atoms with Crippen molar-refractivity contribution in [2.75, 3.05) is 39.3 Å². The molecule has 1 aliphatic rings. The van der Waals surface area contributed by atoms with Gasteiger partial charge in [-0.05, 0) is 51.4 Å². The number of hydrogen-bond donors (Lipinski definition) is 2. The summed E-state index contributed by atoms with van der Waals surface area (Å²) in [6, 6.07) is 8.36. The highest BCUT2D eigenvalue weighted by Crippen LogP contribution is 2.22. The molecule has 0 radical (unpaired) electrons. The van der Waals surface area contributed by atoms with Gasteiger partial charge in [-0.15, -0.1) is 35.3 Å². The smallest absolute Gasteiger partial charge is 0.191 e. The number of aliphatic imine (C=N–C) groups is 1. The van der Waals surface area contributed by atoms with Gasteiger partial charge in [-0.3, -0.25) is 4.99 Å². The second kappa shape index (κ2) is 12.5. The number of para-hydroxylation sites is 1. The number of benzene rings is 1. The molecule has 0 unspecified atom stereocenters. The highest BCUT2D eigenvalue weighted by atomic mass is 127. The molecule has 0 bridgehead atoms. The molecule has 1 aromatic carbocycles. The summed E-state index contributed by atoms with van der Waals surface area (Å²) in [5, 5.41) is 8.03. The van der Waals surface area contributed by atoms with Gasteiger partial charge in [0.05, 0.1) is 15.2 Å². The fourth-order valence-electron chi connectivity index (χ4n) is 3.31. The Morgan fingerprint density at radius 3 is 2.78 bits per heavy atom. The third-order valence-corrected chi connectivity index (χ3v) is 5.77. The molecular weight excluding hydrogens is 469 g/mol. The van der Waals surface area contributed by atoms with Gasteiger partial charge < -0.3 is 15.5 Å². The SMILES string of the molecule is CCNC(=NCCCc1nc2ccccc2s1)NCCN1CCCCC1.I. The second-order valence-electron chi connectivity index (χ2n) is 6.77. The number of piperidine rings is 1. The van der Waals surface area contributed by atoms with E-state index in [4.69, 9.17) is 9.98 Å². The van der Waals surface area contributed by atoms with Crippen molar-refractivity contribution in [3.63, 3.8) is 0 Å². The Morgan fingerprint density at radius 2 is 2.00 bits per heavy atom. The first kappa shape index (κ1) is 22.4. The van der Waals surface area contributed by atoms with Crippen LogP contribution >= 0.6 is 35.3 Å². The average molecular weight is 501 g/mol. The molecule has 27 heavy (non-hydrogen) atoms. The Hall–Kier alpha value is -0.930. The lowest BCUT2D eigenvalue weighted by Crippen LogP contribution is -2.42. The van der Waals surface area contributed by atoms with Crippen LogP contribution in [0.1, 0.15) is 37.6 Å². The van der Waals surface area contributed by atoms with Crippen molar-refractivity contribution < 1.29 is 0 Å². The Balaban J connectivity index is 0.00000261. The van der Waals surface area contributed by atoms with E-state index in [-0.39, 0.29) is 24.0 Å². The largest absolute Gasteiger partial charge is 0.357 e. The Labute approximate surface area is 184 Å². The van der Waals surface area contributed by atoms with Gasteiger partial charge in [0, 0.05) is 32.6 Å². The second-order valence-corrected chi connectivity index (χ2v) is 7.88. The topological polar surface area (TPSA) is 52.6 Å². The summed E-state index contributed by atoms with van der Waals surface area (Å²) in [5.41, 5.74) is 1.11. The zero-order valence-corrected chi connectivity index (χ0v) is 19.4. The minimum atomic E-state index is 0. The van der Waals surface area contributed by atoms with E-state index in [1.54, 1.807) is 11.3 Å². The zero-order valence-electron chi connectivity index (χ0n) is 16.2. The molecule has 1 fully saturated rings. The molecular formula is C20H32IN5S. The number of fused-ring (bicyclic) bond motifs is 1. The predicted octanol–water partition coefficient (Wildman–Crippen LogP) is 3.89. The van der Waals surface area contributed by atoms with Gasteiger partial charge >= 0.3 is 0 Å². The van der Waals surface area contributed by atoms with Crippen molar-refractivity contribution in [3.05, 3.63) is 29.3 Å². The summed E-state index contributed by atoms with van der Waals surface area (Å²) in [6.45, 7) is 8.40. The van der Waals surface area contributed by atoms with Crippen LogP contribution < -0.4 is 10.6 Å². The molecule has 0 spiro atoms. The van der Waals surface area contributed by atoms with Crippen molar-refractivity contribution in [3.8, 4) is 0 Å². The molecule has 2 N–H and O–H groups in total. The average Bonchev–Trinajstić information content (AvgIpc) is 3.09. The Kier molecular flexibility index (Phi) is 10.4. The molecule has 2 heterocycles. The van der Waals surface area contributed by atoms with Gasteiger partial charge in [-0.25, -0.2) is 4.98 Å². The molecule has 0 aliphatic carbocycles.